The summed E-state index contributed by atoms with van der Waals surface area (Å²) in [5, 5.41) is 0.753. The molecule has 1 aromatic heterocycles. The van der Waals surface area contributed by atoms with Crippen LogP contribution in [0.4, 0.5) is 0 Å². The fraction of sp³-hybridized carbons (Fsp3) is 0.278. The SMILES string of the molecule is CC(C)CCn1c(-c2ccc(Cl)cc2)nc2ccccc21. The molecule has 0 aliphatic carbocycles. The third kappa shape index (κ3) is 2.96. The van der Waals surface area contributed by atoms with Crippen LogP contribution in [0.15, 0.2) is 48.5 Å². The summed E-state index contributed by atoms with van der Waals surface area (Å²) in [5.41, 5.74) is 3.36. The van der Waals surface area contributed by atoms with Crippen molar-refractivity contribution in [3.05, 3.63) is 53.6 Å². The molecule has 3 heteroatoms. The lowest BCUT2D eigenvalue weighted by Crippen LogP contribution is -2.03. The topological polar surface area (TPSA) is 17.8 Å². The molecule has 0 atom stereocenters. The van der Waals surface area contributed by atoms with Gasteiger partial charge in [0.05, 0.1) is 11.0 Å². The van der Waals surface area contributed by atoms with Crippen molar-refractivity contribution >= 4 is 22.6 Å². The van der Waals surface area contributed by atoms with Crippen molar-refractivity contribution < 1.29 is 0 Å². The number of hydrogen-bond acceptors (Lipinski definition) is 1. The third-order valence-electron chi connectivity index (χ3n) is 3.69. The number of rotatable bonds is 4. The first-order chi connectivity index (χ1) is 10.1. The van der Waals surface area contributed by atoms with Crippen LogP contribution in [0, 0.1) is 5.92 Å². The smallest absolute Gasteiger partial charge is 0.141 e. The normalized spacial score (nSPS) is 11.4. The van der Waals surface area contributed by atoms with Crippen LogP contribution in [0.25, 0.3) is 22.4 Å². The minimum absolute atomic E-state index is 0.671. The molecule has 0 aliphatic heterocycles. The van der Waals surface area contributed by atoms with E-state index in [0.717, 1.165) is 34.9 Å². The average Bonchev–Trinajstić information content (AvgIpc) is 2.84. The number of fused-ring (bicyclic) bond motifs is 1. The summed E-state index contributed by atoms with van der Waals surface area (Å²) in [6.45, 7) is 5.48. The first kappa shape index (κ1) is 14.2. The number of aromatic nitrogens is 2. The van der Waals surface area contributed by atoms with E-state index in [1.165, 1.54) is 5.52 Å². The van der Waals surface area contributed by atoms with Gasteiger partial charge in [0.15, 0.2) is 0 Å². The number of hydrogen-bond donors (Lipinski definition) is 0. The molecular weight excluding hydrogens is 280 g/mol. The maximum Gasteiger partial charge on any atom is 0.141 e. The number of aryl methyl sites for hydroxylation is 1. The van der Waals surface area contributed by atoms with Gasteiger partial charge in [0.2, 0.25) is 0 Å². The summed E-state index contributed by atoms with van der Waals surface area (Å²) in [6.07, 6.45) is 1.14. The van der Waals surface area contributed by atoms with Gasteiger partial charge in [-0.25, -0.2) is 4.98 Å². The second-order valence-electron chi connectivity index (χ2n) is 5.77. The van der Waals surface area contributed by atoms with Gasteiger partial charge in [-0.1, -0.05) is 37.6 Å². The maximum atomic E-state index is 5.99. The molecule has 108 valence electrons. The Morgan fingerprint density at radius 3 is 2.48 bits per heavy atom. The van der Waals surface area contributed by atoms with Crippen LogP contribution in [0.5, 0.6) is 0 Å². The van der Waals surface area contributed by atoms with E-state index in [2.05, 4.69) is 36.6 Å². The zero-order chi connectivity index (χ0) is 14.8. The standard InChI is InChI=1S/C18H19ClN2/c1-13(2)11-12-21-17-6-4-3-5-16(17)20-18(21)14-7-9-15(19)10-8-14/h3-10,13H,11-12H2,1-2H3. The van der Waals surface area contributed by atoms with Crippen molar-refractivity contribution in [3.63, 3.8) is 0 Å². The molecule has 21 heavy (non-hydrogen) atoms. The minimum Gasteiger partial charge on any atom is -0.324 e. The van der Waals surface area contributed by atoms with Crippen LogP contribution in [-0.4, -0.2) is 9.55 Å². The summed E-state index contributed by atoms with van der Waals surface area (Å²) < 4.78 is 2.32. The summed E-state index contributed by atoms with van der Waals surface area (Å²) in [6, 6.07) is 16.2. The molecule has 0 unspecified atom stereocenters. The number of imidazole rings is 1. The van der Waals surface area contributed by atoms with E-state index in [-0.39, 0.29) is 0 Å². The Kier molecular flexibility index (Phi) is 3.98. The number of para-hydroxylation sites is 2. The lowest BCUT2D eigenvalue weighted by molar-refractivity contribution is 0.525. The number of nitrogens with zero attached hydrogens (tertiary/aromatic N) is 2. The molecule has 0 saturated carbocycles. The summed E-state index contributed by atoms with van der Waals surface area (Å²) in [7, 11) is 0. The van der Waals surface area contributed by atoms with Crippen LogP contribution in [0.2, 0.25) is 5.02 Å². The van der Waals surface area contributed by atoms with E-state index >= 15 is 0 Å². The second kappa shape index (κ2) is 5.90. The Bertz CT molecular complexity index is 742. The Hall–Kier alpha value is -1.80. The van der Waals surface area contributed by atoms with Crippen molar-refractivity contribution in [3.8, 4) is 11.4 Å². The lowest BCUT2D eigenvalue weighted by atomic mass is 10.1. The molecule has 2 nitrogen and oxygen atoms in total. The molecule has 0 N–H and O–H groups in total. The van der Waals surface area contributed by atoms with Crippen molar-refractivity contribution in [1.82, 2.24) is 9.55 Å². The Labute approximate surface area is 130 Å². The summed E-state index contributed by atoms with van der Waals surface area (Å²) in [5.74, 6) is 1.69. The molecule has 0 spiro atoms. The molecule has 2 aromatic carbocycles. The highest BCUT2D eigenvalue weighted by atomic mass is 35.5. The van der Waals surface area contributed by atoms with Gasteiger partial charge in [0, 0.05) is 17.1 Å². The lowest BCUT2D eigenvalue weighted by Gasteiger charge is -2.11. The quantitative estimate of drug-likeness (QED) is 0.630. The molecule has 0 bridgehead atoms. The first-order valence-corrected chi connectivity index (χ1v) is 7.74. The molecule has 0 fully saturated rings. The van der Waals surface area contributed by atoms with E-state index in [1.807, 2.05) is 30.3 Å². The molecule has 3 rings (SSSR count). The molecule has 0 saturated heterocycles. The zero-order valence-corrected chi connectivity index (χ0v) is 13.1. The van der Waals surface area contributed by atoms with Gasteiger partial charge in [-0.05, 0) is 48.7 Å². The predicted molar refractivity (Wildman–Crippen MR) is 89.6 cm³/mol. The zero-order valence-electron chi connectivity index (χ0n) is 12.4. The maximum absolute atomic E-state index is 5.99. The molecular formula is C18H19ClN2. The number of halogens is 1. The highest BCUT2D eigenvalue weighted by Gasteiger charge is 2.12. The van der Waals surface area contributed by atoms with Gasteiger partial charge in [0.25, 0.3) is 0 Å². The van der Waals surface area contributed by atoms with Gasteiger partial charge in [-0.2, -0.15) is 0 Å². The van der Waals surface area contributed by atoms with E-state index in [4.69, 9.17) is 16.6 Å². The second-order valence-corrected chi connectivity index (χ2v) is 6.20. The highest BCUT2D eigenvalue weighted by molar-refractivity contribution is 6.30. The summed E-state index contributed by atoms with van der Waals surface area (Å²) >= 11 is 5.99. The van der Waals surface area contributed by atoms with Crippen molar-refractivity contribution in [1.29, 1.82) is 0 Å². The Balaban J connectivity index is 2.11. The first-order valence-electron chi connectivity index (χ1n) is 7.36. The van der Waals surface area contributed by atoms with Crippen LogP contribution < -0.4 is 0 Å². The summed E-state index contributed by atoms with van der Waals surface area (Å²) in [4.78, 5) is 4.81. The van der Waals surface area contributed by atoms with Gasteiger partial charge in [0.1, 0.15) is 5.82 Å². The third-order valence-corrected chi connectivity index (χ3v) is 3.94. The number of benzene rings is 2. The minimum atomic E-state index is 0.671. The van der Waals surface area contributed by atoms with Crippen molar-refractivity contribution in [2.75, 3.05) is 0 Å². The highest BCUT2D eigenvalue weighted by Crippen LogP contribution is 2.26. The van der Waals surface area contributed by atoms with Gasteiger partial charge in [-0.3, -0.25) is 0 Å². The van der Waals surface area contributed by atoms with E-state index in [1.54, 1.807) is 0 Å². The van der Waals surface area contributed by atoms with Gasteiger partial charge >= 0.3 is 0 Å². The van der Waals surface area contributed by atoms with E-state index < -0.39 is 0 Å². The van der Waals surface area contributed by atoms with E-state index in [9.17, 15) is 0 Å². The Morgan fingerprint density at radius 2 is 1.76 bits per heavy atom. The van der Waals surface area contributed by atoms with E-state index in [0.29, 0.717) is 5.92 Å². The van der Waals surface area contributed by atoms with Crippen LogP contribution in [-0.2, 0) is 6.54 Å². The molecule has 0 radical (unpaired) electrons. The van der Waals surface area contributed by atoms with Crippen molar-refractivity contribution in [2.24, 2.45) is 5.92 Å². The largest absolute Gasteiger partial charge is 0.324 e. The van der Waals surface area contributed by atoms with Crippen LogP contribution in [0.3, 0.4) is 0 Å². The Morgan fingerprint density at radius 1 is 1.05 bits per heavy atom. The van der Waals surface area contributed by atoms with Crippen molar-refractivity contribution in [2.45, 2.75) is 26.8 Å². The predicted octanol–water partition coefficient (Wildman–Crippen LogP) is 5.40. The fourth-order valence-electron chi connectivity index (χ4n) is 2.51. The van der Waals surface area contributed by atoms with Gasteiger partial charge < -0.3 is 4.57 Å². The van der Waals surface area contributed by atoms with Crippen LogP contribution in [0.1, 0.15) is 20.3 Å². The molecule has 0 aliphatic rings. The molecule has 3 aromatic rings. The fourth-order valence-corrected chi connectivity index (χ4v) is 2.63. The molecule has 0 amide bonds. The monoisotopic (exact) mass is 298 g/mol. The average molecular weight is 299 g/mol. The molecule has 1 heterocycles. The van der Waals surface area contributed by atoms with Crippen LogP contribution >= 0.6 is 11.6 Å². The van der Waals surface area contributed by atoms with Gasteiger partial charge in [-0.15, -0.1) is 0 Å².